The third kappa shape index (κ3) is 3.96. The summed E-state index contributed by atoms with van der Waals surface area (Å²) in [6.45, 7) is 0.822. The first-order valence-electron chi connectivity index (χ1n) is 6.22. The first-order chi connectivity index (χ1) is 10.6. The fourth-order valence-electron chi connectivity index (χ4n) is 1.68. The van der Waals surface area contributed by atoms with E-state index in [9.17, 15) is 26.5 Å². The topological polar surface area (TPSA) is 73.8 Å². The van der Waals surface area contributed by atoms with Crippen LogP contribution in [0.2, 0.25) is 0 Å². The number of fused-ring (bicyclic) bond motifs is 1. The van der Waals surface area contributed by atoms with Crippen LogP contribution in [0, 0.1) is 0 Å². The van der Waals surface area contributed by atoms with Crippen LogP contribution in [0.5, 0.6) is 0 Å². The van der Waals surface area contributed by atoms with E-state index in [4.69, 9.17) is 0 Å². The number of rotatable bonds is 4. The molecule has 0 radical (unpaired) electrons. The van der Waals surface area contributed by atoms with Crippen LogP contribution in [0.4, 0.5) is 27.8 Å². The van der Waals surface area contributed by atoms with E-state index in [0.29, 0.717) is 0 Å². The number of aromatic nitrogens is 3. The molecule has 2 unspecified atom stereocenters. The molecule has 23 heavy (non-hydrogen) atoms. The lowest BCUT2D eigenvalue weighted by atomic mass is 10.2. The predicted octanol–water partition coefficient (Wildman–Crippen LogP) is 3.06. The lowest BCUT2D eigenvalue weighted by molar-refractivity contribution is -0.138. The molecule has 0 aliphatic heterocycles. The second-order valence-electron chi connectivity index (χ2n) is 4.65. The van der Waals surface area contributed by atoms with Crippen LogP contribution in [-0.2, 0) is 11.2 Å². The Morgan fingerprint density at radius 3 is 2.43 bits per heavy atom. The molecule has 0 aliphatic carbocycles. The number of hydrogen-bond donors (Lipinski definition) is 1. The molecular weight excluding hydrogens is 343 g/mol. The van der Waals surface area contributed by atoms with Crippen LogP contribution in [-0.4, -0.2) is 38.0 Å². The minimum absolute atomic E-state index is 0.0707. The number of halogens is 5. The Morgan fingerprint density at radius 2 is 1.91 bits per heavy atom. The molecule has 0 aliphatic rings. The van der Waals surface area contributed by atoms with Crippen molar-refractivity contribution in [3.63, 3.8) is 0 Å². The van der Waals surface area contributed by atoms with Crippen molar-refractivity contribution in [2.75, 3.05) is 11.6 Å². The molecule has 0 bridgehead atoms. The van der Waals surface area contributed by atoms with Crippen molar-refractivity contribution in [3.8, 4) is 0 Å². The van der Waals surface area contributed by atoms with Gasteiger partial charge >= 0.3 is 11.3 Å². The maximum absolute atomic E-state index is 12.9. The highest BCUT2D eigenvalue weighted by molar-refractivity contribution is 7.90. The molecule has 0 saturated heterocycles. The van der Waals surface area contributed by atoms with Crippen molar-refractivity contribution < 1.29 is 26.5 Å². The van der Waals surface area contributed by atoms with Gasteiger partial charge < -0.3 is 9.87 Å². The van der Waals surface area contributed by atoms with Crippen molar-refractivity contribution in [2.45, 2.75) is 30.7 Å². The van der Waals surface area contributed by atoms with E-state index < -0.39 is 41.3 Å². The SMILES string of the molecule is CC(Nc1nc(C(F)F)cc2cnc([S+](C)[O-])nc12)C(F)(F)F. The highest BCUT2D eigenvalue weighted by Gasteiger charge is 2.36. The first kappa shape index (κ1) is 17.6. The third-order valence-electron chi connectivity index (χ3n) is 2.89. The molecule has 0 saturated carbocycles. The monoisotopic (exact) mass is 354 g/mol. The molecule has 2 aromatic heterocycles. The molecule has 0 fully saturated rings. The normalized spacial score (nSPS) is 15.0. The van der Waals surface area contributed by atoms with Gasteiger partial charge in [0.2, 0.25) is 0 Å². The minimum Gasteiger partial charge on any atom is -0.609 e. The van der Waals surface area contributed by atoms with Gasteiger partial charge in [0.25, 0.3) is 6.43 Å². The zero-order valence-electron chi connectivity index (χ0n) is 11.9. The Kier molecular flexibility index (Phi) is 4.90. The van der Waals surface area contributed by atoms with Crippen molar-refractivity contribution >= 4 is 27.9 Å². The van der Waals surface area contributed by atoms with E-state index in [1.54, 1.807) is 0 Å². The van der Waals surface area contributed by atoms with Gasteiger partial charge in [-0.05, 0) is 13.0 Å². The smallest absolute Gasteiger partial charge is 0.408 e. The van der Waals surface area contributed by atoms with Crippen LogP contribution in [0.1, 0.15) is 19.0 Å². The molecule has 2 heterocycles. The van der Waals surface area contributed by atoms with E-state index in [2.05, 4.69) is 15.0 Å². The summed E-state index contributed by atoms with van der Waals surface area (Å²) in [6, 6.07) is -1.05. The number of pyridine rings is 1. The van der Waals surface area contributed by atoms with Crippen molar-refractivity contribution in [3.05, 3.63) is 18.0 Å². The van der Waals surface area contributed by atoms with Gasteiger partial charge in [-0.15, -0.1) is 0 Å². The van der Waals surface area contributed by atoms with Crippen molar-refractivity contribution in [2.24, 2.45) is 0 Å². The zero-order chi connectivity index (χ0) is 17.4. The Bertz CT molecular complexity index is 710. The first-order valence-corrected chi connectivity index (χ1v) is 7.78. The van der Waals surface area contributed by atoms with Gasteiger partial charge in [-0.2, -0.15) is 23.1 Å². The molecule has 11 heteroatoms. The zero-order valence-corrected chi connectivity index (χ0v) is 12.7. The highest BCUT2D eigenvalue weighted by Crippen LogP contribution is 2.29. The maximum Gasteiger partial charge on any atom is 0.408 e. The molecule has 126 valence electrons. The molecule has 2 rings (SSSR count). The van der Waals surface area contributed by atoms with E-state index in [-0.39, 0.29) is 16.1 Å². The minimum atomic E-state index is -4.60. The second kappa shape index (κ2) is 6.40. The lowest BCUT2D eigenvalue weighted by Crippen LogP contribution is -2.33. The summed E-state index contributed by atoms with van der Waals surface area (Å²) in [4.78, 5) is 11.1. The van der Waals surface area contributed by atoms with Crippen LogP contribution >= 0.6 is 0 Å². The molecule has 2 aromatic rings. The Labute approximate surface area is 130 Å². The van der Waals surface area contributed by atoms with Gasteiger partial charge in [0.05, 0.1) is 0 Å². The molecule has 1 N–H and O–H groups in total. The molecule has 2 atom stereocenters. The predicted molar refractivity (Wildman–Crippen MR) is 73.8 cm³/mol. The van der Waals surface area contributed by atoms with Crippen LogP contribution < -0.4 is 5.32 Å². The van der Waals surface area contributed by atoms with E-state index >= 15 is 0 Å². The highest BCUT2D eigenvalue weighted by atomic mass is 32.2. The number of anilines is 1. The summed E-state index contributed by atoms with van der Waals surface area (Å²) in [7, 11) is 0. The molecule has 0 spiro atoms. The number of hydrogen-bond acceptors (Lipinski definition) is 5. The van der Waals surface area contributed by atoms with Gasteiger partial charge in [-0.1, -0.05) is 0 Å². The third-order valence-corrected chi connectivity index (χ3v) is 3.60. The summed E-state index contributed by atoms with van der Waals surface area (Å²) in [5.74, 6) is -0.461. The summed E-state index contributed by atoms with van der Waals surface area (Å²) in [6.07, 6.45) is -5.16. The summed E-state index contributed by atoms with van der Waals surface area (Å²) in [5.41, 5.74) is -0.811. The van der Waals surface area contributed by atoms with E-state index in [0.717, 1.165) is 19.2 Å². The summed E-state index contributed by atoms with van der Waals surface area (Å²) >= 11 is -1.59. The summed E-state index contributed by atoms with van der Waals surface area (Å²) in [5, 5.41) is 1.97. The average molecular weight is 354 g/mol. The van der Waals surface area contributed by atoms with Crippen LogP contribution in [0.25, 0.3) is 10.9 Å². The standard InChI is InChI=1S/C12H11F5N4OS/c1-5(12(15,16)17)19-10-8-6(3-7(20-10)9(13)14)4-18-11(21-8)23(2)22/h3-5,9H,1-2H3,(H,19,20). The number of alkyl halides is 5. The number of nitrogens with zero attached hydrogens (tertiary/aromatic N) is 3. The van der Waals surface area contributed by atoms with Crippen LogP contribution in [0.15, 0.2) is 17.4 Å². The van der Waals surface area contributed by atoms with Gasteiger partial charge in [0.1, 0.15) is 23.5 Å². The number of nitrogens with one attached hydrogen (secondary N) is 1. The maximum atomic E-state index is 12.9. The Balaban J connectivity index is 2.59. The van der Waals surface area contributed by atoms with Gasteiger partial charge in [-0.25, -0.2) is 13.8 Å². The van der Waals surface area contributed by atoms with Gasteiger partial charge in [-0.3, -0.25) is 0 Å². The lowest BCUT2D eigenvalue weighted by Gasteiger charge is -2.19. The molecule has 0 aromatic carbocycles. The van der Waals surface area contributed by atoms with Gasteiger partial charge in [0, 0.05) is 22.8 Å². The molecule has 5 nitrogen and oxygen atoms in total. The molecular formula is C12H11F5N4OS. The van der Waals surface area contributed by atoms with E-state index in [1.165, 1.54) is 6.26 Å². The fraction of sp³-hybridized carbons (Fsp3) is 0.417. The summed E-state index contributed by atoms with van der Waals surface area (Å²) < 4.78 is 75.2. The Morgan fingerprint density at radius 1 is 1.26 bits per heavy atom. The average Bonchev–Trinajstić information content (AvgIpc) is 2.45. The fourth-order valence-corrected chi connectivity index (χ4v) is 2.10. The van der Waals surface area contributed by atoms with Gasteiger partial charge in [0.15, 0.2) is 5.82 Å². The Hall–Kier alpha value is -1.75. The largest absolute Gasteiger partial charge is 0.609 e. The molecule has 0 amide bonds. The van der Waals surface area contributed by atoms with Crippen molar-refractivity contribution in [1.82, 2.24) is 15.0 Å². The quantitative estimate of drug-likeness (QED) is 0.519. The van der Waals surface area contributed by atoms with Crippen LogP contribution in [0.3, 0.4) is 0 Å². The second-order valence-corrected chi connectivity index (χ2v) is 5.92. The van der Waals surface area contributed by atoms with E-state index in [1.807, 2.05) is 5.32 Å². The van der Waals surface area contributed by atoms with Crippen molar-refractivity contribution in [1.29, 1.82) is 0 Å².